The molecular weight excluding hydrogens is 390 g/mol. The number of amides is 2. The lowest BCUT2D eigenvalue weighted by molar-refractivity contribution is -0.114. The molecule has 0 aromatic heterocycles. The van der Waals surface area contributed by atoms with Crippen LogP contribution in [0, 0.1) is 5.92 Å². The molecule has 2 aromatic carbocycles. The van der Waals surface area contributed by atoms with E-state index in [-0.39, 0.29) is 18.4 Å². The van der Waals surface area contributed by atoms with Crippen LogP contribution in [-0.2, 0) is 4.79 Å². The minimum Gasteiger partial charge on any atom is -0.491 e. The molecule has 6 nitrogen and oxygen atoms in total. The second kappa shape index (κ2) is 11.4. The van der Waals surface area contributed by atoms with Gasteiger partial charge in [-0.1, -0.05) is 38.8 Å². The Kier molecular flexibility index (Phi) is 8.33. The number of nitrogens with one attached hydrogen (secondary N) is 2. The van der Waals surface area contributed by atoms with Gasteiger partial charge in [0.1, 0.15) is 5.75 Å². The number of hydrogen-bond donors (Lipinski definition) is 2. The third kappa shape index (κ3) is 7.02. The second-order valence-corrected chi connectivity index (χ2v) is 8.39. The standard InChI is InChI=1S/C25H33N3O3/c1-19(2)18-31-23-10-6-5-9-22(23)27-24(29)17-26-21-13-11-20(12-14-21)25(30)28-15-7-3-4-8-16-28/h5-6,9-14,19,26H,3-4,7-8,15-18H2,1-2H3,(H,27,29). The Labute approximate surface area is 185 Å². The number of nitrogens with zero attached hydrogens (tertiary/aromatic N) is 1. The number of ether oxygens (including phenoxy) is 1. The third-order valence-corrected chi connectivity index (χ3v) is 5.21. The Bertz CT molecular complexity index is 857. The monoisotopic (exact) mass is 423 g/mol. The smallest absolute Gasteiger partial charge is 0.253 e. The van der Waals surface area contributed by atoms with Crippen LogP contribution in [0.25, 0.3) is 0 Å². The van der Waals surface area contributed by atoms with Gasteiger partial charge in [-0.25, -0.2) is 0 Å². The number of benzene rings is 2. The van der Waals surface area contributed by atoms with Gasteiger partial charge in [0.2, 0.25) is 5.91 Å². The van der Waals surface area contributed by atoms with Crippen molar-refractivity contribution in [2.24, 2.45) is 5.92 Å². The minimum absolute atomic E-state index is 0.0872. The van der Waals surface area contributed by atoms with Crippen LogP contribution in [0.5, 0.6) is 5.75 Å². The SMILES string of the molecule is CC(C)COc1ccccc1NC(=O)CNc1ccc(C(=O)N2CCCCCC2)cc1. The van der Waals surface area contributed by atoms with E-state index in [1.165, 1.54) is 12.8 Å². The average Bonchev–Trinajstić information content (AvgIpc) is 3.06. The summed E-state index contributed by atoms with van der Waals surface area (Å²) >= 11 is 0. The summed E-state index contributed by atoms with van der Waals surface area (Å²) < 4.78 is 5.78. The molecule has 2 N–H and O–H groups in total. The van der Waals surface area contributed by atoms with Gasteiger partial charge in [0.05, 0.1) is 18.8 Å². The van der Waals surface area contributed by atoms with E-state index in [0.717, 1.165) is 31.6 Å². The van der Waals surface area contributed by atoms with Gasteiger partial charge in [0.15, 0.2) is 0 Å². The summed E-state index contributed by atoms with van der Waals surface area (Å²) in [4.78, 5) is 27.0. The first kappa shape index (κ1) is 22.7. The molecule has 3 rings (SSSR count). The van der Waals surface area contributed by atoms with E-state index >= 15 is 0 Å². The molecule has 0 atom stereocenters. The van der Waals surface area contributed by atoms with Crippen molar-refractivity contribution < 1.29 is 14.3 Å². The van der Waals surface area contributed by atoms with Crippen LogP contribution in [0.3, 0.4) is 0 Å². The lowest BCUT2D eigenvalue weighted by Gasteiger charge is -2.20. The van der Waals surface area contributed by atoms with Gasteiger partial charge in [-0.2, -0.15) is 0 Å². The van der Waals surface area contributed by atoms with E-state index in [1.807, 2.05) is 53.4 Å². The molecule has 0 saturated carbocycles. The van der Waals surface area contributed by atoms with Gasteiger partial charge in [0, 0.05) is 24.3 Å². The molecule has 0 radical (unpaired) electrons. The van der Waals surface area contributed by atoms with Gasteiger partial charge in [0.25, 0.3) is 5.91 Å². The van der Waals surface area contributed by atoms with Crippen molar-refractivity contribution in [1.29, 1.82) is 0 Å². The lowest BCUT2D eigenvalue weighted by atomic mass is 10.1. The molecule has 1 heterocycles. The summed E-state index contributed by atoms with van der Waals surface area (Å²) in [6.45, 7) is 6.55. The van der Waals surface area contributed by atoms with E-state index in [4.69, 9.17) is 4.74 Å². The van der Waals surface area contributed by atoms with Crippen LogP contribution in [0.4, 0.5) is 11.4 Å². The van der Waals surface area contributed by atoms with Crippen molar-refractivity contribution in [2.75, 3.05) is 36.9 Å². The number of likely N-dealkylation sites (tertiary alicyclic amines) is 1. The van der Waals surface area contributed by atoms with Gasteiger partial charge >= 0.3 is 0 Å². The maximum absolute atomic E-state index is 12.7. The van der Waals surface area contributed by atoms with Crippen LogP contribution >= 0.6 is 0 Å². The van der Waals surface area contributed by atoms with Crippen LogP contribution in [0.1, 0.15) is 49.9 Å². The van der Waals surface area contributed by atoms with Crippen molar-refractivity contribution in [3.05, 3.63) is 54.1 Å². The van der Waals surface area contributed by atoms with Crippen LogP contribution in [0.15, 0.2) is 48.5 Å². The van der Waals surface area contributed by atoms with E-state index in [1.54, 1.807) is 0 Å². The largest absolute Gasteiger partial charge is 0.491 e. The molecule has 1 fully saturated rings. The highest BCUT2D eigenvalue weighted by molar-refractivity contribution is 5.96. The van der Waals surface area contributed by atoms with Crippen molar-refractivity contribution in [3.63, 3.8) is 0 Å². The molecule has 1 aliphatic heterocycles. The molecule has 2 aromatic rings. The molecule has 31 heavy (non-hydrogen) atoms. The average molecular weight is 424 g/mol. The molecule has 0 bridgehead atoms. The van der Waals surface area contributed by atoms with Crippen LogP contribution < -0.4 is 15.4 Å². The number of carbonyl (C=O) groups is 2. The molecule has 166 valence electrons. The van der Waals surface area contributed by atoms with Gasteiger partial charge < -0.3 is 20.3 Å². The summed E-state index contributed by atoms with van der Waals surface area (Å²) in [7, 11) is 0. The summed E-state index contributed by atoms with van der Waals surface area (Å²) in [6, 6.07) is 14.8. The zero-order valence-corrected chi connectivity index (χ0v) is 18.5. The number of anilines is 2. The molecule has 2 amide bonds. The highest BCUT2D eigenvalue weighted by Gasteiger charge is 2.17. The zero-order valence-electron chi connectivity index (χ0n) is 18.5. The van der Waals surface area contributed by atoms with Crippen molar-refractivity contribution in [3.8, 4) is 5.75 Å². The molecule has 0 spiro atoms. The first-order valence-corrected chi connectivity index (χ1v) is 11.2. The highest BCUT2D eigenvalue weighted by atomic mass is 16.5. The van der Waals surface area contributed by atoms with Crippen LogP contribution in [-0.4, -0.2) is 43.0 Å². The zero-order chi connectivity index (χ0) is 22.1. The predicted octanol–water partition coefficient (Wildman–Crippen LogP) is 4.79. The third-order valence-electron chi connectivity index (χ3n) is 5.21. The molecular formula is C25H33N3O3. The Morgan fingerprint density at radius 1 is 0.968 bits per heavy atom. The summed E-state index contributed by atoms with van der Waals surface area (Å²) in [6.07, 6.45) is 4.55. The topological polar surface area (TPSA) is 70.7 Å². The normalized spacial score (nSPS) is 14.1. The molecule has 0 aliphatic carbocycles. The number of rotatable bonds is 8. The maximum atomic E-state index is 12.7. The Balaban J connectivity index is 1.51. The molecule has 1 aliphatic rings. The van der Waals surface area contributed by atoms with E-state index < -0.39 is 0 Å². The van der Waals surface area contributed by atoms with E-state index in [0.29, 0.717) is 29.5 Å². The van der Waals surface area contributed by atoms with Gasteiger partial charge in [-0.05, 0) is 55.2 Å². The summed E-state index contributed by atoms with van der Waals surface area (Å²) in [5.74, 6) is 0.995. The van der Waals surface area contributed by atoms with Crippen LogP contribution in [0.2, 0.25) is 0 Å². The summed E-state index contributed by atoms with van der Waals surface area (Å²) in [5, 5.41) is 6.01. The fraction of sp³-hybridized carbons (Fsp3) is 0.440. The lowest BCUT2D eigenvalue weighted by Crippen LogP contribution is -2.31. The Morgan fingerprint density at radius 2 is 1.65 bits per heavy atom. The molecule has 1 saturated heterocycles. The van der Waals surface area contributed by atoms with E-state index in [2.05, 4.69) is 24.5 Å². The minimum atomic E-state index is -0.162. The maximum Gasteiger partial charge on any atom is 0.253 e. The molecule has 6 heteroatoms. The number of hydrogen-bond acceptors (Lipinski definition) is 4. The predicted molar refractivity (Wildman–Crippen MR) is 125 cm³/mol. The first-order valence-electron chi connectivity index (χ1n) is 11.2. The number of carbonyl (C=O) groups excluding carboxylic acids is 2. The van der Waals surface area contributed by atoms with Crippen molar-refractivity contribution >= 4 is 23.2 Å². The van der Waals surface area contributed by atoms with Gasteiger partial charge in [-0.15, -0.1) is 0 Å². The highest BCUT2D eigenvalue weighted by Crippen LogP contribution is 2.24. The van der Waals surface area contributed by atoms with Crippen molar-refractivity contribution in [2.45, 2.75) is 39.5 Å². The fourth-order valence-electron chi connectivity index (χ4n) is 3.52. The summed E-state index contributed by atoms with van der Waals surface area (Å²) in [5.41, 5.74) is 2.15. The number of para-hydroxylation sites is 2. The quantitative estimate of drug-likeness (QED) is 0.641. The Hall–Kier alpha value is -3.02. The fourth-order valence-corrected chi connectivity index (χ4v) is 3.52. The van der Waals surface area contributed by atoms with E-state index in [9.17, 15) is 9.59 Å². The first-order chi connectivity index (χ1) is 15.0. The second-order valence-electron chi connectivity index (χ2n) is 8.39. The van der Waals surface area contributed by atoms with Crippen molar-refractivity contribution in [1.82, 2.24) is 4.90 Å². The van der Waals surface area contributed by atoms with Gasteiger partial charge in [-0.3, -0.25) is 9.59 Å². The Morgan fingerprint density at radius 3 is 2.32 bits per heavy atom. The molecule has 0 unspecified atom stereocenters.